The summed E-state index contributed by atoms with van der Waals surface area (Å²) in [4.78, 5) is 37.3. The van der Waals surface area contributed by atoms with Crippen LogP contribution in [0, 0.1) is 0 Å². The van der Waals surface area contributed by atoms with Gasteiger partial charge in [-0.15, -0.1) is 0 Å². The molecule has 0 spiro atoms. The Hall–Kier alpha value is -2.11. The van der Waals surface area contributed by atoms with Gasteiger partial charge in [0.05, 0.1) is 6.54 Å². The number of pyridine rings is 1. The van der Waals surface area contributed by atoms with Gasteiger partial charge in [-0.2, -0.15) is 0 Å². The van der Waals surface area contributed by atoms with Gasteiger partial charge < -0.3 is 10.3 Å². The highest BCUT2D eigenvalue weighted by atomic mass is 35.5. The fourth-order valence-corrected chi connectivity index (χ4v) is 2.12. The number of Topliss-reactive ketones (excluding diaryl/α,β-unsaturated/α-hetero) is 1. The number of H-pyrrole nitrogens is 1. The minimum Gasteiger partial charge on any atom is -0.344 e. The van der Waals surface area contributed by atoms with Gasteiger partial charge in [0.1, 0.15) is 10.7 Å². The summed E-state index contributed by atoms with van der Waals surface area (Å²) in [6.07, 6.45) is 0.165. The van der Waals surface area contributed by atoms with Crippen LogP contribution in [-0.2, 0) is 11.2 Å². The van der Waals surface area contributed by atoms with Crippen molar-refractivity contribution in [2.45, 2.75) is 6.42 Å². The smallest absolute Gasteiger partial charge is 0.268 e. The Morgan fingerprint density at radius 1 is 1.14 bits per heavy atom. The van der Waals surface area contributed by atoms with E-state index in [1.165, 1.54) is 12.1 Å². The number of ketones is 1. The maximum atomic E-state index is 11.8. The van der Waals surface area contributed by atoms with Gasteiger partial charge in [0.15, 0.2) is 5.78 Å². The number of hydrogen-bond donors (Lipinski definition) is 2. The minimum atomic E-state index is -0.556. The lowest BCUT2D eigenvalue weighted by molar-refractivity contribution is -0.117. The Balaban J connectivity index is 1.91. The van der Waals surface area contributed by atoms with E-state index in [2.05, 4.69) is 10.3 Å². The predicted octanol–water partition coefficient (Wildman–Crippen LogP) is 2.22. The van der Waals surface area contributed by atoms with E-state index in [-0.39, 0.29) is 29.5 Å². The second kappa shape index (κ2) is 7.24. The third kappa shape index (κ3) is 4.44. The Labute approximate surface area is 136 Å². The molecule has 1 amide bonds. The Bertz CT molecular complexity index is 771. The molecule has 0 atom stereocenters. The monoisotopic (exact) mass is 338 g/mol. The summed E-state index contributed by atoms with van der Waals surface area (Å²) in [5, 5.41) is 2.99. The summed E-state index contributed by atoms with van der Waals surface area (Å²) in [7, 11) is 0. The molecule has 1 heterocycles. The van der Waals surface area contributed by atoms with Crippen LogP contribution in [0.25, 0.3) is 0 Å². The van der Waals surface area contributed by atoms with E-state index >= 15 is 0 Å². The van der Waals surface area contributed by atoms with Crippen LogP contribution in [0.3, 0.4) is 0 Å². The maximum absolute atomic E-state index is 11.8. The number of amides is 1. The zero-order valence-electron chi connectivity index (χ0n) is 11.4. The first-order valence-electron chi connectivity index (χ1n) is 6.39. The molecule has 1 aromatic heterocycles. The van der Waals surface area contributed by atoms with Crippen LogP contribution in [-0.4, -0.2) is 23.2 Å². The van der Waals surface area contributed by atoms with Crippen molar-refractivity contribution in [2.75, 3.05) is 6.54 Å². The summed E-state index contributed by atoms with van der Waals surface area (Å²) >= 11 is 11.4. The van der Waals surface area contributed by atoms with E-state index < -0.39 is 11.5 Å². The summed E-state index contributed by atoms with van der Waals surface area (Å²) in [5.41, 5.74) is 0.260. The molecule has 114 valence electrons. The molecule has 0 aliphatic heterocycles. The number of carbonyl (C=O) groups is 2. The van der Waals surface area contributed by atoms with Gasteiger partial charge in [-0.05, 0) is 29.8 Å². The summed E-state index contributed by atoms with van der Waals surface area (Å²) < 4.78 is 0. The molecule has 2 rings (SSSR count). The van der Waals surface area contributed by atoms with Crippen LogP contribution < -0.4 is 10.9 Å². The number of carbonyl (C=O) groups excluding carboxylic acids is 2. The molecule has 7 heteroatoms. The quantitative estimate of drug-likeness (QED) is 0.877. The van der Waals surface area contributed by atoms with Crippen LogP contribution in [0.1, 0.15) is 16.1 Å². The van der Waals surface area contributed by atoms with Crippen molar-refractivity contribution in [1.82, 2.24) is 10.3 Å². The third-order valence-corrected chi connectivity index (χ3v) is 3.38. The molecule has 0 unspecified atom stereocenters. The van der Waals surface area contributed by atoms with Crippen molar-refractivity contribution >= 4 is 34.9 Å². The highest BCUT2D eigenvalue weighted by Crippen LogP contribution is 2.11. The molecule has 22 heavy (non-hydrogen) atoms. The Kier molecular flexibility index (Phi) is 5.35. The number of rotatable bonds is 5. The maximum Gasteiger partial charge on any atom is 0.268 e. The third-order valence-electron chi connectivity index (χ3n) is 2.84. The molecule has 0 fully saturated rings. The molecule has 0 saturated carbocycles. The van der Waals surface area contributed by atoms with Gasteiger partial charge >= 0.3 is 0 Å². The van der Waals surface area contributed by atoms with Crippen LogP contribution in [0.4, 0.5) is 0 Å². The fourth-order valence-electron chi connectivity index (χ4n) is 1.80. The second-order valence-corrected chi connectivity index (χ2v) is 5.42. The number of benzene rings is 1. The van der Waals surface area contributed by atoms with Crippen molar-refractivity contribution in [3.8, 4) is 0 Å². The Morgan fingerprint density at radius 2 is 1.91 bits per heavy atom. The first kappa shape index (κ1) is 16.3. The highest BCUT2D eigenvalue weighted by Gasteiger charge is 2.10. The van der Waals surface area contributed by atoms with E-state index in [4.69, 9.17) is 23.2 Å². The molecule has 0 aliphatic rings. The number of aromatic amines is 1. The first-order chi connectivity index (χ1) is 10.5. The van der Waals surface area contributed by atoms with Gasteiger partial charge in [-0.25, -0.2) is 0 Å². The molecule has 2 N–H and O–H groups in total. The SMILES string of the molecule is O=C(CNC(=O)c1ccc(Cl)c(=O)[nH]1)Cc1cccc(Cl)c1. The van der Waals surface area contributed by atoms with E-state index in [1.54, 1.807) is 24.3 Å². The van der Waals surface area contributed by atoms with Crippen LogP contribution in [0.5, 0.6) is 0 Å². The predicted molar refractivity (Wildman–Crippen MR) is 84.6 cm³/mol. The molecule has 2 aromatic rings. The number of aromatic nitrogens is 1. The first-order valence-corrected chi connectivity index (χ1v) is 7.14. The van der Waals surface area contributed by atoms with E-state index in [1.807, 2.05) is 0 Å². The zero-order valence-corrected chi connectivity index (χ0v) is 12.9. The number of nitrogens with one attached hydrogen (secondary N) is 2. The van der Waals surface area contributed by atoms with Gasteiger partial charge in [0.25, 0.3) is 11.5 Å². The average Bonchev–Trinajstić information content (AvgIpc) is 2.47. The summed E-state index contributed by atoms with van der Waals surface area (Å²) in [6.45, 7) is -0.143. The van der Waals surface area contributed by atoms with Gasteiger partial charge in [0.2, 0.25) is 0 Å². The standard InChI is InChI=1S/C15H12Cl2N2O3/c16-10-3-1-2-9(6-10)7-11(20)8-18-15(22)13-5-4-12(17)14(21)19-13/h1-6H,7-8H2,(H,18,22)(H,19,21). The van der Waals surface area contributed by atoms with Crippen LogP contribution in [0.15, 0.2) is 41.2 Å². The van der Waals surface area contributed by atoms with Crippen molar-refractivity contribution in [2.24, 2.45) is 0 Å². The zero-order chi connectivity index (χ0) is 16.1. The van der Waals surface area contributed by atoms with Crippen LogP contribution >= 0.6 is 23.2 Å². The second-order valence-electron chi connectivity index (χ2n) is 4.58. The van der Waals surface area contributed by atoms with E-state index in [0.29, 0.717) is 5.02 Å². The average molecular weight is 339 g/mol. The summed E-state index contributed by atoms with van der Waals surface area (Å²) in [5.74, 6) is -0.722. The largest absolute Gasteiger partial charge is 0.344 e. The van der Waals surface area contributed by atoms with E-state index in [0.717, 1.165) is 5.56 Å². The minimum absolute atomic E-state index is 0.00594. The fraction of sp³-hybridized carbons (Fsp3) is 0.133. The van der Waals surface area contributed by atoms with Crippen molar-refractivity contribution < 1.29 is 9.59 Å². The van der Waals surface area contributed by atoms with Gasteiger partial charge in [-0.1, -0.05) is 35.3 Å². The lowest BCUT2D eigenvalue weighted by atomic mass is 10.1. The van der Waals surface area contributed by atoms with Crippen LogP contribution in [0.2, 0.25) is 10.0 Å². The molecule has 0 radical (unpaired) electrons. The molecule has 0 bridgehead atoms. The Morgan fingerprint density at radius 3 is 2.59 bits per heavy atom. The molecular weight excluding hydrogens is 327 g/mol. The molecule has 0 aliphatic carbocycles. The molecular formula is C15H12Cl2N2O3. The lowest BCUT2D eigenvalue weighted by Gasteiger charge is -2.05. The lowest BCUT2D eigenvalue weighted by Crippen LogP contribution is -2.31. The van der Waals surface area contributed by atoms with Gasteiger partial charge in [-0.3, -0.25) is 14.4 Å². The topological polar surface area (TPSA) is 79.0 Å². The number of halogens is 2. The molecule has 0 saturated heterocycles. The number of hydrogen-bond acceptors (Lipinski definition) is 3. The normalized spacial score (nSPS) is 10.3. The molecule has 5 nitrogen and oxygen atoms in total. The van der Waals surface area contributed by atoms with E-state index in [9.17, 15) is 14.4 Å². The van der Waals surface area contributed by atoms with Crippen molar-refractivity contribution in [1.29, 1.82) is 0 Å². The van der Waals surface area contributed by atoms with Crippen molar-refractivity contribution in [3.05, 3.63) is 68.1 Å². The summed E-state index contributed by atoms with van der Waals surface area (Å²) in [6, 6.07) is 9.64. The highest BCUT2D eigenvalue weighted by molar-refractivity contribution is 6.30. The van der Waals surface area contributed by atoms with Crippen molar-refractivity contribution in [3.63, 3.8) is 0 Å². The molecule has 1 aromatic carbocycles. The van der Waals surface area contributed by atoms with Gasteiger partial charge in [0, 0.05) is 11.4 Å².